The smallest absolute Gasteiger partial charge is 0.138 e. The van der Waals surface area contributed by atoms with E-state index in [1.165, 1.54) is 0 Å². The molecule has 0 amide bonds. The summed E-state index contributed by atoms with van der Waals surface area (Å²) in [6.45, 7) is 11.6. The molecule has 0 fully saturated rings. The van der Waals surface area contributed by atoms with Crippen molar-refractivity contribution < 1.29 is 0 Å². The van der Waals surface area contributed by atoms with Crippen LogP contribution in [0.4, 0.5) is 11.6 Å². The minimum absolute atomic E-state index is 0.0806. The van der Waals surface area contributed by atoms with Crippen LogP contribution in [0.1, 0.15) is 40.4 Å². The van der Waals surface area contributed by atoms with Crippen LogP contribution < -0.4 is 10.6 Å². The van der Waals surface area contributed by atoms with E-state index in [4.69, 9.17) is 5.73 Å². The summed E-state index contributed by atoms with van der Waals surface area (Å²) in [5, 5.41) is 0. The zero-order valence-corrected chi connectivity index (χ0v) is 11.8. The molecule has 0 aromatic carbocycles. The van der Waals surface area contributed by atoms with Crippen molar-refractivity contribution in [2.24, 2.45) is 5.92 Å². The lowest BCUT2D eigenvalue weighted by molar-refractivity contribution is 0.544. The van der Waals surface area contributed by atoms with Crippen molar-refractivity contribution in [3.8, 4) is 0 Å². The summed E-state index contributed by atoms with van der Waals surface area (Å²) >= 11 is 0. The number of hydrogen-bond donors (Lipinski definition) is 1. The van der Waals surface area contributed by atoms with E-state index in [1.807, 2.05) is 13.1 Å². The summed E-state index contributed by atoms with van der Waals surface area (Å²) in [6, 6.07) is 1.83. The zero-order valence-electron chi connectivity index (χ0n) is 11.8. The third kappa shape index (κ3) is 3.88. The second kappa shape index (κ2) is 4.90. The molecular weight excluding hydrogens is 212 g/mol. The molecule has 0 aliphatic rings. The molecule has 17 heavy (non-hydrogen) atoms. The first kappa shape index (κ1) is 13.7. The topological polar surface area (TPSA) is 55.0 Å². The average molecular weight is 236 g/mol. The third-order valence-corrected chi connectivity index (χ3v) is 2.43. The number of aromatic nitrogens is 2. The summed E-state index contributed by atoms with van der Waals surface area (Å²) in [4.78, 5) is 11.0. The molecule has 4 heteroatoms. The number of nitrogen functional groups attached to an aromatic ring is 1. The monoisotopic (exact) mass is 236 g/mol. The Hall–Kier alpha value is -1.32. The Kier molecular flexibility index (Phi) is 3.96. The molecule has 1 aromatic heterocycles. The Morgan fingerprint density at radius 3 is 2.35 bits per heavy atom. The first-order valence-electron chi connectivity index (χ1n) is 6.06. The van der Waals surface area contributed by atoms with E-state index in [0.29, 0.717) is 11.7 Å². The van der Waals surface area contributed by atoms with E-state index in [2.05, 4.69) is 49.5 Å². The fraction of sp³-hybridized carbons (Fsp3) is 0.692. The molecule has 1 aromatic rings. The lowest BCUT2D eigenvalue weighted by Crippen LogP contribution is -2.26. The molecule has 4 nitrogen and oxygen atoms in total. The van der Waals surface area contributed by atoms with Gasteiger partial charge in [-0.2, -0.15) is 0 Å². The lowest BCUT2D eigenvalue weighted by atomic mass is 9.96. The van der Waals surface area contributed by atoms with Crippen molar-refractivity contribution in [3.05, 3.63) is 11.9 Å². The molecule has 0 aliphatic carbocycles. The molecule has 0 bridgehead atoms. The second-order valence-corrected chi connectivity index (χ2v) is 6.00. The molecule has 0 aliphatic heterocycles. The van der Waals surface area contributed by atoms with E-state index in [0.717, 1.165) is 18.2 Å². The van der Waals surface area contributed by atoms with Gasteiger partial charge in [-0.25, -0.2) is 9.97 Å². The van der Waals surface area contributed by atoms with E-state index >= 15 is 0 Å². The van der Waals surface area contributed by atoms with Crippen LogP contribution in [-0.2, 0) is 5.41 Å². The molecule has 0 unspecified atom stereocenters. The highest BCUT2D eigenvalue weighted by molar-refractivity contribution is 5.47. The van der Waals surface area contributed by atoms with Crippen molar-refractivity contribution in [2.45, 2.75) is 40.0 Å². The first-order valence-corrected chi connectivity index (χ1v) is 6.06. The van der Waals surface area contributed by atoms with E-state index in [-0.39, 0.29) is 5.41 Å². The van der Waals surface area contributed by atoms with Crippen LogP contribution in [-0.4, -0.2) is 23.6 Å². The molecule has 1 rings (SSSR count). The minimum atomic E-state index is -0.0806. The van der Waals surface area contributed by atoms with Gasteiger partial charge in [-0.15, -0.1) is 0 Å². The normalized spacial score (nSPS) is 11.9. The lowest BCUT2D eigenvalue weighted by Gasteiger charge is -2.23. The Bertz CT molecular complexity index is 379. The van der Waals surface area contributed by atoms with Crippen molar-refractivity contribution in [2.75, 3.05) is 24.2 Å². The van der Waals surface area contributed by atoms with E-state index in [1.54, 1.807) is 0 Å². The third-order valence-electron chi connectivity index (χ3n) is 2.43. The van der Waals surface area contributed by atoms with Crippen LogP contribution >= 0.6 is 0 Å². The summed E-state index contributed by atoms with van der Waals surface area (Å²) in [5.74, 6) is 2.82. The highest BCUT2D eigenvalue weighted by Crippen LogP contribution is 2.22. The summed E-state index contributed by atoms with van der Waals surface area (Å²) in [5.41, 5.74) is 5.77. The number of nitrogens with zero attached hydrogens (tertiary/aromatic N) is 3. The van der Waals surface area contributed by atoms with Gasteiger partial charge in [0.25, 0.3) is 0 Å². The summed E-state index contributed by atoms with van der Waals surface area (Å²) < 4.78 is 0. The number of anilines is 2. The van der Waals surface area contributed by atoms with E-state index in [9.17, 15) is 0 Å². The molecule has 1 heterocycles. The molecule has 0 saturated heterocycles. The van der Waals surface area contributed by atoms with Crippen LogP contribution in [0.25, 0.3) is 0 Å². The Balaban J connectivity index is 3.05. The second-order valence-electron chi connectivity index (χ2n) is 6.00. The maximum absolute atomic E-state index is 5.85. The molecule has 2 N–H and O–H groups in total. The van der Waals surface area contributed by atoms with Gasteiger partial charge in [-0.3, -0.25) is 0 Å². The summed E-state index contributed by atoms with van der Waals surface area (Å²) in [7, 11) is 2.04. The number of hydrogen-bond acceptors (Lipinski definition) is 4. The molecule has 96 valence electrons. The molecule has 0 saturated carbocycles. The molecule has 0 radical (unpaired) electrons. The number of nitrogens with two attached hydrogens (primary N) is 1. The van der Waals surface area contributed by atoms with Crippen molar-refractivity contribution in [1.29, 1.82) is 0 Å². The fourth-order valence-corrected chi connectivity index (χ4v) is 1.62. The quantitative estimate of drug-likeness (QED) is 0.876. The largest absolute Gasteiger partial charge is 0.384 e. The molecular formula is C13H24N4. The van der Waals surface area contributed by atoms with Crippen LogP contribution in [0.15, 0.2) is 6.07 Å². The van der Waals surface area contributed by atoms with Gasteiger partial charge in [0.2, 0.25) is 0 Å². The van der Waals surface area contributed by atoms with Gasteiger partial charge >= 0.3 is 0 Å². The van der Waals surface area contributed by atoms with Gasteiger partial charge in [-0.05, 0) is 5.92 Å². The van der Waals surface area contributed by atoms with E-state index < -0.39 is 0 Å². The van der Waals surface area contributed by atoms with Gasteiger partial charge in [0, 0.05) is 25.1 Å². The number of rotatable bonds is 3. The van der Waals surface area contributed by atoms with Gasteiger partial charge in [0.15, 0.2) is 0 Å². The fourth-order valence-electron chi connectivity index (χ4n) is 1.62. The van der Waals surface area contributed by atoms with Crippen molar-refractivity contribution >= 4 is 11.6 Å². The van der Waals surface area contributed by atoms with Crippen molar-refractivity contribution in [1.82, 2.24) is 9.97 Å². The van der Waals surface area contributed by atoms with Crippen LogP contribution in [0.3, 0.4) is 0 Å². The summed E-state index contributed by atoms with van der Waals surface area (Å²) in [6.07, 6.45) is 0. The Morgan fingerprint density at radius 2 is 1.88 bits per heavy atom. The van der Waals surface area contributed by atoms with Gasteiger partial charge < -0.3 is 10.6 Å². The Labute approximate surface area is 104 Å². The van der Waals surface area contributed by atoms with Gasteiger partial charge in [-0.1, -0.05) is 34.6 Å². The SMILES string of the molecule is CC(C)CN(C)c1cc(N)nc(C(C)(C)C)n1. The maximum atomic E-state index is 5.85. The first-order chi connectivity index (χ1) is 7.70. The van der Waals surface area contributed by atoms with Gasteiger partial charge in [0.05, 0.1) is 0 Å². The zero-order chi connectivity index (χ0) is 13.2. The maximum Gasteiger partial charge on any atom is 0.138 e. The highest BCUT2D eigenvalue weighted by atomic mass is 15.2. The highest BCUT2D eigenvalue weighted by Gasteiger charge is 2.19. The standard InChI is InChI=1S/C13H24N4/c1-9(2)8-17(6)11-7-10(14)15-12(16-11)13(3,4)5/h7,9H,8H2,1-6H3,(H2,14,15,16). The van der Waals surface area contributed by atoms with Crippen LogP contribution in [0, 0.1) is 5.92 Å². The van der Waals surface area contributed by atoms with Gasteiger partial charge in [0.1, 0.15) is 17.5 Å². The van der Waals surface area contributed by atoms with Crippen LogP contribution in [0.5, 0.6) is 0 Å². The Morgan fingerprint density at radius 1 is 1.29 bits per heavy atom. The molecule has 0 spiro atoms. The minimum Gasteiger partial charge on any atom is -0.384 e. The van der Waals surface area contributed by atoms with Crippen LogP contribution in [0.2, 0.25) is 0 Å². The predicted molar refractivity (Wildman–Crippen MR) is 73.3 cm³/mol. The molecule has 0 atom stereocenters. The van der Waals surface area contributed by atoms with Crippen molar-refractivity contribution in [3.63, 3.8) is 0 Å². The average Bonchev–Trinajstić information content (AvgIpc) is 2.14. The predicted octanol–water partition coefficient (Wildman–Crippen LogP) is 2.45.